The zero-order valence-electron chi connectivity index (χ0n) is 14.9. The van der Waals surface area contributed by atoms with Gasteiger partial charge in [0.15, 0.2) is 0 Å². The van der Waals surface area contributed by atoms with Crippen LogP contribution in [0.2, 0.25) is 0 Å². The van der Waals surface area contributed by atoms with Gasteiger partial charge in [-0.1, -0.05) is 0 Å². The molecule has 3 rings (SSSR count). The average Bonchev–Trinajstić information content (AvgIpc) is 2.61. The van der Waals surface area contributed by atoms with E-state index in [0.29, 0.717) is 23.3 Å². The SMILES string of the molecule is Cc1nc(-c2cncc(C(=O)O)c2)cc(C2CCN(C(C)C)CC2)n1. The lowest BCUT2D eigenvalue weighted by atomic mass is 9.92. The Hall–Kier alpha value is -2.34. The monoisotopic (exact) mass is 340 g/mol. The van der Waals surface area contributed by atoms with Crippen LogP contribution in [-0.4, -0.2) is 50.1 Å². The average molecular weight is 340 g/mol. The molecule has 1 N–H and O–H groups in total. The van der Waals surface area contributed by atoms with Crippen molar-refractivity contribution < 1.29 is 9.90 Å². The van der Waals surface area contributed by atoms with Crippen LogP contribution >= 0.6 is 0 Å². The summed E-state index contributed by atoms with van der Waals surface area (Å²) in [7, 11) is 0. The summed E-state index contributed by atoms with van der Waals surface area (Å²) in [5.41, 5.74) is 2.67. The standard InChI is InChI=1S/C19H24N4O2/c1-12(2)23-6-4-14(5-7-23)17-9-18(22-13(3)21-17)15-8-16(19(24)25)11-20-10-15/h8-12,14H,4-7H2,1-3H3,(H,24,25). The van der Waals surface area contributed by atoms with Crippen molar-refractivity contribution in [1.82, 2.24) is 19.9 Å². The fraction of sp³-hybridized carbons (Fsp3) is 0.474. The molecule has 0 atom stereocenters. The number of carboxylic acids is 1. The maximum Gasteiger partial charge on any atom is 0.337 e. The Labute approximate surface area is 148 Å². The van der Waals surface area contributed by atoms with E-state index in [9.17, 15) is 4.79 Å². The number of carboxylic acid groups (broad SMARTS) is 1. The van der Waals surface area contributed by atoms with Crippen LogP contribution in [0.5, 0.6) is 0 Å². The van der Waals surface area contributed by atoms with E-state index in [0.717, 1.165) is 37.3 Å². The minimum Gasteiger partial charge on any atom is -0.478 e. The van der Waals surface area contributed by atoms with Gasteiger partial charge in [0.25, 0.3) is 0 Å². The fourth-order valence-corrected chi connectivity index (χ4v) is 3.36. The van der Waals surface area contributed by atoms with Gasteiger partial charge in [-0.3, -0.25) is 4.98 Å². The summed E-state index contributed by atoms with van der Waals surface area (Å²) >= 11 is 0. The molecule has 0 spiro atoms. The van der Waals surface area contributed by atoms with Crippen molar-refractivity contribution in [2.75, 3.05) is 13.1 Å². The van der Waals surface area contributed by atoms with Crippen molar-refractivity contribution in [1.29, 1.82) is 0 Å². The minimum absolute atomic E-state index is 0.167. The van der Waals surface area contributed by atoms with Crippen molar-refractivity contribution in [3.05, 3.63) is 41.6 Å². The summed E-state index contributed by atoms with van der Waals surface area (Å²) < 4.78 is 0. The van der Waals surface area contributed by atoms with E-state index in [1.807, 2.05) is 13.0 Å². The molecule has 0 radical (unpaired) electrons. The molecule has 1 fully saturated rings. The van der Waals surface area contributed by atoms with Gasteiger partial charge in [-0.25, -0.2) is 14.8 Å². The maximum absolute atomic E-state index is 11.2. The molecule has 1 saturated heterocycles. The van der Waals surface area contributed by atoms with Crippen LogP contribution in [0, 0.1) is 6.92 Å². The van der Waals surface area contributed by atoms with Crippen molar-refractivity contribution in [3.8, 4) is 11.3 Å². The van der Waals surface area contributed by atoms with E-state index < -0.39 is 5.97 Å². The zero-order valence-corrected chi connectivity index (χ0v) is 14.9. The Balaban J connectivity index is 1.86. The summed E-state index contributed by atoms with van der Waals surface area (Å²) in [6.45, 7) is 8.50. The first-order chi connectivity index (χ1) is 11.9. The first kappa shape index (κ1) is 17.5. The zero-order chi connectivity index (χ0) is 18.0. The molecule has 0 aromatic carbocycles. The molecule has 1 aliphatic heterocycles. The first-order valence-electron chi connectivity index (χ1n) is 8.72. The van der Waals surface area contributed by atoms with Gasteiger partial charge in [0.2, 0.25) is 0 Å². The highest BCUT2D eigenvalue weighted by molar-refractivity contribution is 5.88. The Morgan fingerprint density at radius 2 is 1.92 bits per heavy atom. The first-order valence-corrected chi connectivity index (χ1v) is 8.72. The van der Waals surface area contributed by atoms with Gasteiger partial charge in [0.1, 0.15) is 5.82 Å². The molecular formula is C19H24N4O2. The lowest BCUT2D eigenvalue weighted by molar-refractivity contribution is 0.0696. The van der Waals surface area contributed by atoms with Crippen LogP contribution in [-0.2, 0) is 0 Å². The minimum atomic E-state index is -0.985. The number of nitrogens with zero attached hydrogens (tertiary/aromatic N) is 4. The Kier molecular flexibility index (Phi) is 5.08. The van der Waals surface area contributed by atoms with Crippen LogP contribution in [0.25, 0.3) is 11.3 Å². The molecule has 6 heteroatoms. The third-order valence-corrected chi connectivity index (χ3v) is 4.82. The maximum atomic E-state index is 11.2. The number of carbonyl (C=O) groups is 1. The lowest BCUT2D eigenvalue weighted by Gasteiger charge is -2.34. The molecule has 0 aliphatic carbocycles. The number of likely N-dealkylation sites (tertiary alicyclic amines) is 1. The number of hydrogen-bond donors (Lipinski definition) is 1. The third kappa shape index (κ3) is 4.02. The van der Waals surface area contributed by atoms with Gasteiger partial charge in [-0.15, -0.1) is 0 Å². The van der Waals surface area contributed by atoms with E-state index in [2.05, 4.69) is 33.7 Å². The van der Waals surface area contributed by atoms with Crippen molar-refractivity contribution >= 4 is 5.97 Å². The van der Waals surface area contributed by atoms with Gasteiger partial charge in [0, 0.05) is 35.6 Å². The molecule has 0 bridgehead atoms. The van der Waals surface area contributed by atoms with E-state index in [1.165, 1.54) is 6.20 Å². The highest BCUT2D eigenvalue weighted by Crippen LogP contribution is 2.30. The summed E-state index contributed by atoms with van der Waals surface area (Å²) in [6, 6.07) is 4.18. The van der Waals surface area contributed by atoms with Gasteiger partial charge in [-0.05, 0) is 58.8 Å². The Morgan fingerprint density at radius 3 is 2.56 bits per heavy atom. The highest BCUT2D eigenvalue weighted by atomic mass is 16.4. The molecule has 0 saturated carbocycles. The predicted molar refractivity (Wildman–Crippen MR) is 95.6 cm³/mol. The molecule has 132 valence electrons. The van der Waals surface area contributed by atoms with Crippen molar-refractivity contribution in [2.24, 2.45) is 0 Å². The molecule has 6 nitrogen and oxygen atoms in total. The van der Waals surface area contributed by atoms with Crippen molar-refractivity contribution in [3.63, 3.8) is 0 Å². The summed E-state index contributed by atoms with van der Waals surface area (Å²) in [5, 5.41) is 9.16. The third-order valence-electron chi connectivity index (χ3n) is 4.82. The predicted octanol–water partition coefficient (Wildman–Crippen LogP) is 3.13. The normalized spacial score (nSPS) is 16.3. The molecule has 25 heavy (non-hydrogen) atoms. The lowest BCUT2D eigenvalue weighted by Crippen LogP contribution is -2.38. The molecular weight excluding hydrogens is 316 g/mol. The molecule has 1 aliphatic rings. The number of pyridine rings is 1. The number of aromatic nitrogens is 3. The second-order valence-electron chi connectivity index (χ2n) is 6.90. The van der Waals surface area contributed by atoms with Gasteiger partial charge < -0.3 is 10.0 Å². The van der Waals surface area contributed by atoms with Crippen LogP contribution in [0.1, 0.15) is 54.5 Å². The molecule has 2 aromatic rings. The molecule has 0 amide bonds. The molecule has 0 unspecified atom stereocenters. The molecule has 2 aromatic heterocycles. The van der Waals surface area contributed by atoms with Gasteiger partial charge in [0.05, 0.1) is 11.3 Å². The second-order valence-corrected chi connectivity index (χ2v) is 6.90. The summed E-state index contributed by atoms with van der Waals surface area (Å²) in [4.78, 5) is 26.8. The summed E-state index contributed by atoms with van der Waals surface area (Å²) in [5.74, 6) is 0.145. The summed E-state index contributed by atoms with van der Waals surface area (Å²) in [6.07, 6.45) is 5.17. The van der Waals surface area contributed by atoms with Crippen LogP contribution in [0.15, 0.2) is 24.5 Å². The van der Waals surface area contributed by atoms with Crippen LogP contribution in [0.3, 0.4) is 0 Å². The van der Waals surface area contributed by atoms with E-state index >= 15 is 0 Å². The van der Waals surface area contributed by atoms with Gasteiger partial charge in [-0.2, -0.15) is 0 Å². The number of piperidine rings is 1. The number of hydrogen-bond acceptors (Lipinski definition) is 5. The second kappa shape index (κ2) is 7.27. The smallest absolute Gasteiger partial charge is 0.337 e. The molecule has 3 heterocycles. The van der Waals surface area contributed by atoms with E-state index in [1.54, 1.807) is 12.3 Å². The number of rotatable bonds is 4. The Morgan fingerprint density at radius 1 is 1.20 bits per heavy atom. The van der Waals surface area contributed by atoms with Gasteiger partial charge >= 0.3 is 5.97 Å². The van der Waals surface area contributed by atoms with Crippen molar-refractivity contribution in [2.45, 2.75) is 45.6 Å². The van der Waals surface area contributed by atoms with Crippen LogP contribution in [0.4, 0.5) is 0 Å². The quantitative estimate of drug-likeness (QED) is 0.921. The number of aromatic carboxylic acids is 1. The van der Waals surface area contributed by atoms with E-state index in [4.69, 9.17) is 5.11 Å². The fourth-order valence-electron chi connectivity index (χ4n) is 3.36. The number of aryl methyl sites for hydroxylation is 1. The highest BCUT2D eigenvalue weighted by Gasteiger charge is 2.23. The van der Waals surface area contributed by atoms with E-state index in [-0.39, 0.29) is 5.56 Å². The Bertz CT molecular complexity index is 768. The largest absolute Gasteiger partial charge is 0.478 e. The topological polar surface area (TPSA) is 79.2 Å². The van der Waals surface area contributed by atoms with Crippen LogP contribution < -0.4 is 0 Å².